The van der Waals surface area contributed by atoms with Gasteiger partial charge in [-0.05, 0) is 28.1 Å². The van der Waals surface area contributed by atoms with E-state index < -0.39 is 6.43 Å². The van der Waals surface area contributed by atoms with Crippen molar-refractivity contribution in [2.24, 2.45) is 0 Å². The molecule has 0 spiro atoms. The summed E-state index contributed by atoms with van der Waals surface area (Å²) < 4.78 is 38.5. The van der Waals surface area contributed by atoms with Gasteiger partial charge in [0.1, 0.15) is 24.8 Å². The van der Waals surface area contributed by atoms with Crippen LogP contribution in [0.15, 0.2) is 34.9 Å². The normalized spacial score (nSPS) is 14.0. The molecule has 0 saturated carbocycles. The fourth-order valence-electron chi connectivity index (χ4n) is 2.71. The highest BCUT2D eigenvalue weighted by Gasteiger charge is 2.19. The van der Waals surface area contributed by atoms with Gasteiger partial charge in [0.05, 0.1) is 10.9 Å². The SMILES string of the molecule is FC(F)c1cccc2c1OCCOc1nc(c3cc(Br)cnc3n1)NC2. The van der Waals surface area contributed by atoms with Crippen molar-refractivity contribution in [3.63, 3.8) is 0 Å². The van der Waals surface area contributed by atoms with E-state index in [1.165, 1.54) is 6.07 Å². The van der Waals surface area contributed by atoms with E-state index in [2.05, 4.69) is 36.2 Å². The van der Waals surface area contributed by atoms with Gasteiger partial charge in [-0.25, -0.2) is 13.8 Å². The molecule has 26 heavy (non-hydrogen) atoms. The molecule has 1 aliphatic heterocycles. The van der Waals surface area contributed by atoms with Gasteiger partial charge >= 0.3 is 6.01 Å². The number of para-hydroxylation sites is 1. The second kappa shape index (κ2) is 6.99. The van der Waals surface area contributed by atoms with Gasteiger partial charge in [0.2, 0.25) is 0 Å². The molecule has 0 saturated heterocycles. The van der Waals surface area contributed by atoms with Crippen LogP contribution >= 0.6 is 15.9 Å². The van der Waals surface area contributed by atoms with Gasteiger partial charge < -0.3 is 14.8 Å². The van der Waals surface area contributed by atoms with Crippen LogP contribution in [0.4, 0.5) is 14.6 Å². The van der Waals surface area contributed by atoms with Crippen molar-refractivity contribution in [3.05, 3.63) is 46.1 Å². The molecule has 3 heterocycles. The minimum Gasteiger partial charge on any atom is -0.489 e. The monoisotopic (exact) mass is 422 g/mol. The molecule has 9 heteroatoms. The van der Waals surface area contributed by atoms with E-state index in [-0.39, 0.29) is 37.1 Å². The average molecular weight is 423 g/mol. The molecule has 1 aliphatic rings. The third-order valence-electron chi connectivity index (χ3n) is 3.87. The zero-order chi connectivity index (χ0) is 18.1. The summed E-state index contributed by atoms with van der Waals surface area (Å²) in [6, 6.07) is 6.68. The van der Waals surface area contributed by atoms with Gasteiger partial charge in [-0.15, -0.1) is 0 Å². The minimum absolute atomic E-state index is 0.0984. The molecule has 0 atom stereocenters. The number of anilines is 1. The lowest BCUT2D eigenvalue weighted by atomic mass is 10.1. The van der Waals surface area contributed by atoms with Crippen LogP contribution in [0.1, 0.15) is 17.6 Å². The summed E-state index contributed by atoms with van der Waals surface area (Å²) in [6.45, 7) is 0.480. The zero-order valence-electron chi connectivity index (χ0n) is 13.4. The molecule has 1 aromatic carbocycles. The number of alkyl halides is 2. The largest absolute Gasteiger partial charge is 0.489 e. The first-order valence-electron chi connectivity index (χ1n) is 7.84. The van der Waals surface area contributed by atoms with Crippen molar-refractivity contribution < 1.29 is 18.3 Å². The van der Waals surface area contributed by atoms with Crippen LogP contribution in [0.3, 0.4) is 0 Å². The van der Waals surface area contributed by atoms with Gasteiger partial charge in [0, 0.05) is 22.8 Å². The number of fused-ring (bicyclic) bond motifs is 5. The number of halogens is 3. The molecular weight excluding hydrogens is 410 g/mol. The summed E-state index contributed by atoms with van der Waals surface area (Å²) in [4.78, 5) is 12.9. The molecule has 134 valence electrons. The van der Waals surface area contributed by atoms with Crippen LogP contribution < -0.4 is 14.8 Å². The minimum atomic E-state index is -2.63. The van der Waals surface area contributed by atoms with Crippen LogP contribution in [0.2, 0.25) is 0 Å². The summed E-state index contributed by atoms with van der Waals surface area (Å²) in [6.07, 6.45) is -0.994. The first-order chi connectivity index (χ1) is 12.6. The molecule has 4 rings (SSSR count). The van der Waals surface area contributed by atoms with Gasteiger partial charge in [-0.2, -0.15) is 9.97 Å². The highest BCUT2D eigenvalue weighted by Crippen LogP contribution is 2.33. The first kappa shape index (κ1) is 16.9. The van der Waals surface area contributed by atoms with Crippen molar-refractivity contribution in [2.45, 2.75) is 13.0 Å². The second-order valence-electron chi connectivity index (χ2n) is 5.57. The maximum Gasteiger partial charge on any atom is 0.320 e. The third-order valence-corrected chi connectivity index (χ3v) is 4.30. The molecular formula is C17H13BrF2N4O2. The van der Waals surface area contributed by atoms with Gasteiger partial charge in [0.25, 0.3) is 6.43 Å². The van der Waals surface area contributed by atoms with Crippen molar-refractivity contribution in [2.75, 3.05) is 18.5 Å². The Labute approximate surface area is 155 Å². The Morgan fingerprint density at radius 3 is 2.85 bits per heavy atom. The Morgan fingerprint density at radius 2 is 2.00 bits per heavy atom. The number of hydrogen-bond donors (Lipinski definition) is 1. The Kier molecular flexibility index (Phi) is 4.54. The van der Waals surface area contributed by atoms with Crippen molar-refractivity contribution >= 4 is 32.8 Å². The Hall–Kier alpha value is -2.55. The molecule has 0 unspecified atom stereocenters. The second-order valence-corrected chi connectivity index (χ2v) is 6.48. The number of hydrogen-bond acceptors (Lipinski definition) is 6. The van der Waals surface area contributed by atoms with Crippen molar-refractivity contribution in [3.8, 4) is 11.8 Å². The molecule has 2 bridgehead atoms. The lowest BCUT2D eigenvalue weighted by Crippen LogP contribution is -2.12. The Morgan fingerprint density at radius 1 is 1.15 bits per heavy atom. The number of ether oxygens (including phenoxy) is 2. The van der Waals surface area contributed by atoms with Crippen LogP contribution in [-0.4, -0.2) is 28.2 Å². The summed E-state index contributed by atoms with van der Waals surface area (Å²) in [5.74, 6) is 0.680. The molecule has 0 amide bonds. The number of pyridine rings is 1. The van der Waals surface area contributed by atoms with Crippen LogP contribution in [0.25, 0.3) is 11.0 Å². The smallest absolute Gasteiger partial charge is 0.320 e. The summed E-state index contributed by atoms with van der Waals surface area (Å²) >= 11 is 3.38. The Balaban J connectivity index is 1.79. The Bertz CT molecular complexity index is 971. The number of nitrogens with zero attached hydrogens (tertiary/aromatic N) is 3. The lowest BCUT2D eigenvalue weighted by molar-refractivity contribution is 0.141. The number of aromatic nitrogens is 3. The highest BCUT2D eigenvalue weighted by molar-refractivity contribution is 9.10. The van der Waals surface area contributed by atoms with Gasteiger partial charge in [-0.3, -0.25) is 0 Å². The van der Waals surface area contributed by atoms with E-state index in [1.54, 1.807) is 18.3 Å². The lowest BCUT2D eigenvalue weighted by Gasteiger charge is -2.15. The summed E-state index contributed by atoms with van der Waals surface area (Å²) in [5, 5.41) is 3.85. The summed E-state index contributed by atoms with van der Waals surface area (Å²) in [5.41, 5.74) is 0.944. The number of nitrogens with one attached hydrogen (secondary N) is 1. The van der Waals surface area contributed by atoms with Gasteiger partial charge in [0.15, 0.2) is 5.65 Å². The van der Waals surface area contributed by atoms with Crippen LogP contribution in [0, 0.1) is 0 Å². The van der Waals surface area contributed by atoms with E-state index in [1.807, 2.05) is 6.07 Å². The maximum atomic E-state index is 13.3. The zero-order valence-corrected chi connectivity index (χ0v) is 15.0. The maximum absolute atomic E-state index is 13.3. The molecule has 1 N–H and O–H groups in total. The topological polar surface area (TPSA) is 69.2 Å². The van der Waals surface area contributed by atoms with Crippen molar-refractivity contribution in [1.82, 2.24) is 15.0 Å². The third kappa shape index (κ3) is 3.26. The van der Waals surface area contributed by atoms with Crippen LogP contribution in [0.5, 0.6) is 11.8 Å². The number of benzene rings is 1. The van der Waals surface area contributed by atoms with Gasteiger partial charge in [-0.1, -0.05) is 12.1 Å². The fourth-order valence-corrected chi connectivity index (χ4v) is 3.04. The average Bonchev–Trinajstić information content (AvgIpc) is 2.66. The molecule has 2 aromatic heterocycles. The highest BCUT2D eigenvalue weighted by atomic mass is 79.9. The molecule has 6 nitrogen and oxygen atoms in total. The van der Waals surface area contributed by atoms with E-state index in [4.69, 9.17) is 9.47 Å². The van der Waals surface area contributed by atoms with Crippen LogP contribution in [-0.2, 0) is 6.54 Å². The van der Waals surface area contributed by atoms with Crippen molar-refractivity contribution in [1.29, 1.82) is 0 Å². The molecule has 0 fully saturated rings. The quantitative estimate of drug-likeness (QED) is 0.636. The predicted octanol–water partition coefficient (Wildman–Crippen LogP) is 4.11. The van der Waals surface area contributed by atoms with E-state index in [0.717, 1.165) is 4.47 Å². The molecule has 0 aliphatic carbocycles. The number of rotatable bonds is 1. The standard InChI is InChI=1S/C17H13BrF2N4O2/c18-10-6-12-15-21-7-9-2-1-3-11(14(19)20)13(9)25-4-5-26-17(23-15)24-16(12)22-8-10/h1-3,6,8,14H,4-5,7H2,(H,21,22,23,24). The molecule has 3 aromatic rings. The first-order valence-corrected chi connectivity index (χ1v) is 8.64. The van der Waals surface area contributed by atoms with E-state index in [9.17, 15) is 8.78 Å². The molecule has 0 radical (unpaired) electrons. The van der Waals surface area contributed by atoms with E-state index in [0.29, 0.717) is 22.4 Å². The van der Waals surface area contributed by atoms with E-state index >= 15 is 0 Å². The predicted molar refractivity (Wildman–Crippen MR) is 94.7 cm³/mol. The fraction of sp³-hybridized carbons (Fsp3) is 0.235. The summed E-state index contributed by atoms with van der Waals surface area (Å²) in [7, 11) is 0.